The quantitative estimate of drug-likeness (QED) is 0.467. The average Bonchev–Trinajstić information content (AvgIpc) is 3.15. The van der Waals surface area contributed by atoms with Gasteiger partial charge < -0.3 is 5.32 Å². The topological polar surface area (TPSA) is 110 Å². The molecule has 1 aromatic heterocycles. The molecule has 2 N–H and O–H groups in total. The van der Waals surface area contributed by atoms with Crippen molar-refractivity contribution in [2.45, 2.75) is 19.8 Å². The Hall–Kier alpha value is -3.33. The van der Waals surface area contributed by atoms with E-state index in [0.29, 0.717) is 21.7 Å². The van der Waals surface area contributed by atoms with Gasteiger partial charge in [0.15, 0.2) is 0 Å². The van der Waals surface area contributed by atoms with Gasteiger partial charge in [-0.15, -0.1) is 10.2 Å². The first-order valence-corrected chi connectivity index (χ1v) is 9.42. The third-order valence-corrected chi connectivity index (χ3v) is 5.09. The molecule has 0 bridgehead atoms. The Morgan fingerprint density at radius 3 is 2.46 bits per heavy atom. The number of benzene rings is 2. The monoisotopic (exact) mass is 397 g/mol. The second-order valence-corrected chi connectivity index (χ2v) is 7.36. The Morgan fingerprint density at radius 2 is 1.86 bits per heavy atom. The lowest BCUT2D eigenvalue weighted by molar-refractivity contribution is -0.384. The normalized spacial score (nSPS) is 10.7. The molecule has 0 saturated heterocycles. The predicted molar refractivity (Wildman–Crippen MR) is 110 cm³/mol. The van der Waals surface area contributed by atoms with Gasteiger partial charge in [0.1, 0.15) is 5.01 Å². The first-order chi connectivity index (χ1) is 13.4. The van der Waals surface area contributed by atoms with Crippen LogP contribution in [-0.2, 0) is 0 Å². The van der Waals surface area contributed by atoms with Gasteiger partial charge in [-0.2, -0.15) is 0 Å². The zero-order chi connectivity index (χ0) is 20.3. The van der Waals surface area contributed by atoms with Gasteiger partial charge in [0.25, 0.3) is 11.6 Å². The fraction of sp³-hybridized carbons (Fsp3) is 0.211. The van der Waals surface area contributed by atoms with Crippen LogP contribution in [0.2, 0.25) is 0 Å². The molecule has 3 aromatic rings. The van der Waals surface area contributed by atoms with E-state index in [4.69, 9.17) is 0 Å². The largest absolute Gasteiger partial charge is 0.387 e. The number of carbonyl (C=O) groups excluding carboxylic acids is 1. The number of anilines is 2. The maximum atomic E-state index is 12.6. The van der Waals surface area contributed by atoms with Crippen LogP contribution in [0.15, 0.2) is 42.5 Å². The highest BCUT2D eigenvalue weighted by Gasteiger charge is 2.18. The number of hydrogen-bond acceptors (Lipinski definition) is 7. The van der Waals surface area contributed by atoms with Gasteiger partial charge in [-0.25, -0.2) is 0 Å². The number of nitrogens with one attached hydrogen (secondary N) is 2. The second kappa shape index (κ2) is 8.13. The third-order valence-electron chi connectivity index (χ3n) is 4.20. The van der Waals surface area contributed by atoms with Crippen molar-refractivity contribution in [2.75, 3.05) is 17.7 Å². The summed E-state index contributed by atoms with van der Waals surface area (Å²) in [5.41, 5.74) is 2.62. The highest BCUT2D eigenvalue weighted by molar-refractivity contribution is 7.18. The average molecular weight is 397 g/mol. The molecule has 0 aliphatic rings. The van der Waals surface area contributed by atoms with Crippen LogP contribution in [0.5, 0.6) is 0 Å². The number of nitrogens with zero attached hydrogens (tertiary/aromatic N) is 3. The van der Waals surface area contributed by atoms with Crippen molar-refractivity contribution in [2.24, 2.45) is 0 Å². The maximum absolute atomic E-state index is 12.6. The van der Waals surface area contributed by atoms with E-state index in [9.17, 15) is 14.9 Å². The number of nitro benzene ring substituents is 1. The molecule has 144 valence electrons. The molecule has 0 atom stereocenters. The molecule has 0 unspecified atom stereocenters. The third kappa shape index (κ3) is 4.15. The Kier molecular flexibility index (Phi) is 5.65. The molecule has 0 fully saturated rings. The van der Waals surface area contributed by atoms with Crippen LogP contribution in [-0.4, -0.2) is 28.1 Å². The smallest absolute Gasteiger partial charge is 0.270 e. The molecule has 9 heteroatoms. The first-order valence-electron chi connectivity index (χ1n) is 8.60. The van der Waals surface area contributed by atoms with Gasteiger partial charge in [0.05, 0.1) is 10.5 Å². The molecular formula is C19H19N5O3S. The molecule has 0 saturated carbocycles. The van der Waals surface area contributed by atoms with E-state index in [-0.39, 0.29) is 11.3 Å². The van der Waals surface area contributed by atoms with Crippen molar-refractivity contribution in [1.29, 1.82) is 0 Å². The van der Waals surface area contributed by atoms with Crippen molar-refractivity contribution in [3.05, 3.63) is 63.7 Å². The number of nitro groups is 1. The Bertz CT molecular complexity index is 1010. The molecule has 28 heavy (non-hydrogen) atoms. The van der Waals surface area contributed by atoms with Crippen molar-refractivity contribution in [3.8, 4) is 10.6 Å². The van der Waals surface area contributed by atoms with Crippen LogP contribution in [0.25, 0.3) is 10.6 Å². The van der Waals surface area contributed by atoms with Crippen molar-refractivity contribution < 1.29 is 9.72 Å². The summed E-state index contributed by atoms with van der Waals surface area (Å²) >= 11 is 1.24. The summed E-state index contributed by atoms with van der Waals surface area (Å²) in [6.45, 7) is 4.25. The molecule has 0 aliphatic carbocycles. The van der Waals surface area contributed by atoms with Crippen molar-refractivity contribution >= 4 is 33.8 Å². The number of amides is 1. The minimum Gasteiger partial charge on any atom is -0.387 e. The lowest BCUT2D eigenvalue weighted by atomic mass is 10.0. The minimum atomic E-state index is -0.542. The van der Waals surface area contributed by atoms with Crippen LogP contribution in [0.4, 0.5) is 16.5 Å². The number of non-ortho nitro benzene ring substituents is 1. The van der Waals surface area contributed by atoms with Crippen molar-refractivity contribution in [3.63, 3.8) is 0 Å². The van der Waals surface area contributed by atoms with E-state index >= 15 is 0 Å². The molecule has 0 aliphatic heterocycles. The van der Waals surface area contributed by atoms with Crippen molar-refractivity contribution in [1.82, 2.24) is 10.2 Å². The van der Waals surface area contributed by atoms with Gasteiger partial charge in [-0.1, -0.05) is 49.4 Å². The van der Waals surface area contributed by atoms with E-state index in [1.807, 2.05) is 24.3 Å². The fourth-order valence-corrected chi connectivity index (χ4v) is 3.36. The molecule has 0 spiro atoms. The van der Waals surface area contributed by atoms with E-state index in [0.717, 1.165) is 5.56 Å². The molecule has 0 radical (unpaired) electrons. The van der Waals surface area contributed by atoms with Gasteiger partial charge in [0.2, 0.25) is 5.13 Å². The summed E-state index contributed by atoms with van der Waals surface area (Å²) in [6, 6.07) is 12.1. The lowest BCUT2D eigenvalue weighted by Gasteiger charge is -2.08. The molecule has 3 rings (SSSR count). The SMILES string of the molecule is CNc1ccc([N+](=O)[O-])cc1C(=O)Nc1nnc(-c2ccc(C(C)C)cc2)s1. The number of carbonyl (C=O) groups is 1. The van der Waals surface area contributed by atoms with Crippen LogP contribution >= 0.6 is 11.3 Å². The van der Waals surface area contributed by atoms with E-state index < -0.39 is 10.8 Å². The van der Waals surface area contributed by atoms with E-state index in [1.54, 1.807) is 7.05 Å². The Balaban J connectivity index is 1.81. The summed E-state index contributed by atoms with van der Waals surface area (Å²) in [5.74, 6) is -0.0551. The number of rotatable bonds is 6. The maximum Gasteiger partial charge on any atom is 0.270 e. The zero-order valence-electron chi connectivity index (χ0n) is 15.6. The highest BCUT2D eigenvalue weighted by Crippen LogP contribution is 2.29. The first kappa shape index (κ1) is 19.4. The summed E-state index contributed by atoms with van der Waals surface area (Å²) in [5, 5.41) is 25.6. The number of hydrogen-bond donors (Lipinski definition) is 2. The van der Waals surface area contributed by atoms with Gasteiger partial charge in [0, 0.05) is 30.4 Å². The molecular weight excluding hydrogens is 378 g/mol. The zero-order valence-corrected chi connectivity index (χ0v) is 16.4. The molecule has 2 aromatic carbocycles. The number of aromatic nitrogens is 2. The van der Waals surface area contributed by atoms with Gasteiger partial charge >= 0.3 is 0 Å². The van der Waals surface area contributed by atoms with Crippen LogP contribution in [0.3, 0.4) is 0 Å². The predicted octanol–water partition coefficient (Wildman–Crippen LogP) is 4.53. The van der Waals surface area contributed by atoms with Crippen LogP contribution in [0.1, 0.15) is 35.7 Å². The summed E-state index contributed by atoms with van der Waals surface area (Å²) in [4.78, 5) is 23.1. The van der Waals surface area contributed by atoms with Crippen LogP contribution in [0, 0.1) is 10.1 Å². The van der Waals surface area contributed by atoms with E-state index in [1.165, 1.54) is 35.1 Å². The Morgan fingerprint density at radius 1 is 1.14 bits per heavy atom. The Labute approximate surface area is 165 Å². The van der Waals surface area contributed by atoms with E-state index in [2.05, 4.69) is 34.7 Å². The summed E-state index contributed by atoms with van der Waals surface area (Å²) in [6.07, 6.45) is 0. The van der Waals surface area contributed by atoms with Gasteiger partial charge in [-0.3, -0.25) is 20.2 Å². The fourth-order valence-electron chi connectivity index (χ4n) is 2.62. The summed E-state index contributed by atoms with van der Waals surface area (Å²) < 4.78 is 0. The lowest BCUT2D eigenvalue weighted by Crippen LogP contribution is -2.14. The minimum absolute atomic E-state index is 0.160. The highest BCUT2D eigenvalue weighted by atomic mass is 32.1. The second-order valence-electron chi connectivity index (χ2n) is 6.38. The standard InChI is InChI=1S/C19H19N5O3S/c1-11(2)12-4-6-13(7-5-12)18-22-23-19(28-18)21-17(25)15-10-14(24(26)27)8-9-16(15)20-3/h4-11,20H,1-3H3,(H,21,23,25). The molecule has 8 nitrogen and oxygen atoms in total. The molecule has 1 heterocycles. The summed E-state index contributed by atoms with van der Waals surface area (Å²) in [7, 11) is 1.64. The van der Waals surface area contributed by atoms with Crippen LogP contribution < -0.4 is 10.6 Å². The van der Waals surface area contributed by atoms with Gasteiger partial charge in [-0.05, 0) is 17.5 Å². The molecule has 1 amide bonds.